The second-order valence-electron chi connectivity index (χ2n) is 10.4. The number of ether oxygens (including phenoxy) is 1. The largest absolute Gasteiger partial charge is 0.481 e. The van der Waals surface area contributed by atoms with Gasteiger partial charge in [0.05, 0.1) is 5.92 Å². The molecule has 0 bridgehead atoms. The molecule has 3 fully saturated rings. The van der Waals surface area contributed by atoms with Crippen LogP contribution >= 0.6 is 11.6 Å². The van der Waals surface area contributed by atoms with Crippen LogP contribution in [0.4, 0.5) is 23.7 Å². The normalized spacial score (nSPS) is 22.1. The van der Waals surface area contributed by atoms with E-state index in [2.05, 4.69) is 14.5 Å². The predicted octanol–water partition coefficient (Wildman–Crippen LogP) is 5.02. The standard InChI is InChI=1S/C25H33ClF3N3O4/c1-17(25(27,28)29)36-23(35)32-12-7-24(8-13-32)6-11-30(16-24)15-19-2-3-20(26)14-21(19)31-9-4-18(5-10-31)22(33)34/h2-3,14,17-18H,4-13,15-16H2,1H3,(H,33,34). The lowest BCUT2D eigenvalue weighted by Gasteiger charge is -2.39. The molecule has 3 saturated heterocycles. The van der Waals surface area contributed by atoms with Crippen molar-refractivity contribution in [3.8, 4) is 0 Å². The van der Waals surface area contributed by atoms with E-state index in [1.54, 1.807) is 0 Å². The van der Waals surface area contributed by atoms with Crippen LogP contribution in [-0.2, 0) is 16.1 Å². The first-order valence-corrected chi connectivity index (χ1v) is 12.8. The van der Waals surface area contributed by atoms with Gasteiger partial charge >= 0.3 is 18.2 Å². The van der Waals surface area contributed by atoms with Crippen molar-refractivity contribution in [3.05, 3.63) is 28.8 Å². The molecule has 1 atom stereocenters. The quantitative estimate of drug-likeness (QED) is 0.575. The average molecular weight is 532 g/mol. The average Bonchev–Trinajstić information content (AvgIpc) is 3.21. The summed E-state index contributed by atoms with van der Waals surface area (Å²) in [6, 6.07) is 5.87. The van der Waals surface area contributed by atoms with Crippen molar-refractivity contribution < 1.29 is 32.6 Å². The minimum Gasteiger partial charge on any atom is -0.481 e. The number of halogens is 4. The van der Waals surface area contributed by atoms with Crippen LogP contribution in [0.2, 0.25) is 5.02 Å². The molecule has 11 heteroatoms. The number of carbonyl (C=O) groups excluding carboxylic acids is 1. The van der Waals surface area contributed by atoms with E-state index in [1.165, 1.54) is 4.90 Å². The number of nitrogens with zero attached hydrogens (tertiary/aromatic N) is 3. The van der Waals surface area contributed by atoms with E-state index in [4.69, 9.17) is 11.6 Å². The van der Waals surface area contributed by atoms with Gasteiger partial charge in [0.25, 0.3) is 0 Å². The highest BCUT2D eigenvalue weighted by Gasteiger charge is 2.44. The molecule has 7 nitrogen and oxygen atoms in total. The Morgan fingerprint density at radius 3 is 2.39 bits per heavy atom. The van der Waals surface area contributed by atoms with E-state index < -0.39 is 24.3 Å². The summed E-state index contributed by atoms with van der Waals surface area (Å²) in [6.07, 6.45) is -3.94. The molecule has 200 valence electrons. The van der Waals surface area contributed by atoms with E-state index in [0.29, 0.717) is 44.0 Å². The lowest BCUT2D eigenvalue weighted by Crippen LogP contribution is -2.46. The molecular weight excluding hydrogens is 499 g/mol. The minimum atomic E-state index is -4.56. The molecule has 0 aliphatic carbocycles. The number of carbonyl (C=O) groups is 2. The lowest BCUT2D eigenvalue weighted by atomic mass is 9.78. The van der Waals surface area contributed by atoms with Gasteiger partial charge in [-0.2, -0.15) is 13.2 Å². The minimum absolute atomic E-state index is 0.0405. The number of alkyl halides is 3. The van der Waals surface area contributed by atoms with Crippen LogP contribution in [0.3, 0.4) is 0 Å². The maximum Gasteiger partial charge on any atom is 0.425 e. The summed E-state index contributed by atoms with van der Waals surface area (Å²) in [5, 5.41) is 9.95. The van der Waals surface area contributed by atoms with Gasteiger partial charge in [0.1, 0.15) is 0 Å². The number of amides is 1. The van der Waals surface area contributed by atoms with Crippen LogP contribution in [-0.4, -0.2) is 78.5 Å². The van der Waals surface area contributed by atoms with Gasteiger partial charge in [-0.25, -0.2) is 4.79 Å². The van der Waals surface area contributed by atoms with Gasteiger partial charge in [0.15, 0.2) is 6.10 Å². The Morgan fingerprint density at radius 2 is 1.78 bits per heavy atom. The molecule has 1 amide bonds. The summed E-state index contributed by atoms with van der Waals surface area (Å²) < 4.78 is 42.8. The Morgan fingerprint density at radius 1 is 1.14 bits per heavy atom. The Balaban J connectivity index is 1.33. The second kappa shape index (κ2) is 10.7. The fraction of sp³-hybridized carbons (Fsp3) is 0.680. The maximum absolute atomic E-state index is 12.7. The van der Waals surface area contributed by atoms with Crippen LogP contribution in [0, 0.1) is 11.3 Å². The monoisotopic (exact) mass is 531 g/mol. The number of benzene rings is 1. The van der Waals surface area contributed by atoms with Gasteiger partial charge in [0, 0.05) is 50.0 Å². The zero-order valence-corrected chi connectivity index (χ0v) is 21.2. The number of likely N-dealkylation sites (tertiary alicyclic amines) is 2. The number of piperidine rings is 2. The van der Waals surface area contributed by atoms with Gasteiger partial charge < -0.3 is 19.6 Å². The first-order valence-electron chi connectivity index (χ1n) is 12.5. The van der Waals surface area contributed by atoms with E-state index in [0.717, 1.165) is 57.1 Å². The van der Waals surface area contributed by atoms with Gasteiger partial charge in [-0.15, -0.1) is 0 Å². The molecular formula is C25H33ClF3N3O4. The van der Waals surface area contributed by atoms with Crippen molar-refractivity contribution in [1.82, 2.24) is 9.80 Å². The molecule has 0 aromatic heterocycles. The summed E-state index contributed by atoms with van der Waals surface area (Å²) in [6.45, 7) is 5.47. The van der Waals surface area contributed by atoms with Gasteiger partial charge in [-0.1, -0.05) is 17.7 Å². The molecule has 1 aromatic carbocycles. The highest BCUT2D eigenvalue weighted by atomic mass is 35.5. The molecule has 1 aromatic rings. The number of hydrogen-bond acceptors (Lipinski definition) is 5. The first kappa shape index (κ1) is 26.9. The number of carboxylic acids is 1. The van der Waals surface area contributed by atoms with Crippen molar-refractivity contribution in [2.24, 2.45) is 11.3 Å². The number of rotatable bonds is 5. The van der Waals surface area contributed by atoms with Crippen molar-refractivity contribution in [1.29, 1.82) is 0 Å². The van der Waals surface area contributed by atoms with Crippen molar-refractivity contribution in [2.75, 3.05) is 44.2 Å². The molecule has 3 heterocycles. The molecule has 0 saturated carbocycles. The molecule has 0 radical (unpaired) electrons. The molecule has 1 spiro atoms. The molecule has 3 aliphatic rings. The molecule has 4 rings (SSSR count). The number of carboxylic acid groups (broad SMARTS) is 1. The van der Waals surface area contributed by atoms with Crippen LogP contribution in [0.25, 0.3) is 0 Å². The van der Waals surface area contributed by atoms with E-state index in [-0.39, 0.29) is 11.3 Å². The Labute approximate surface area is 214 Å². The van der Waals surface area contributed by atoms with Gasteiger partial charge in [-0.3, -0.25) is 9.69 Å². The smallest absolute Gasteiger partial charge is 0.425 e. The Bertz CT molecular complexity index is 960. The summed E-state index contributed by atoms with van der Waals surface area (Å²) in [5.41, 5.74) is 2.23. The third kappa shape index (κ3) is 6.19. The zero-order chi connectivity index (χ0) is 26.1. The molecule has 1 N–H and O–H groups in total. The lowest BCUT2D eigenvalue weighted by molar-refractivity contribution is -0.200. The topological polar surface area (TPSA) is 73.3 Å². The molecule has 3 aliphatic heterocycles. The van der Waals surface area contributed by atoms with Crippen LogP contribution in [0.1, 0.15) is 44.6 Å². The van der Waals surface area contributed by atoms with Crippen molar-refractivity contribution in [2.45, 2.75) is 57.9 Å². The summed E-state index contributed by atoms with van der Waals surface area (Å²) in [4.78, 5) is 29.5. The fourth-order valence-electron chi connectivity index (χ4n) is 5.60. The summed E-state index contributed by atoms with van der Waals surface area (Å²) in [5.74, 6) is -1.04. The third-order valence-electron chi connectivity index (χ3n) is 7.96. The fourth-order valence-corrected chi connectivity index (χ4v) is 5.77. The van der Waals surface area contributed by atoms with Crippen molar-refractivity contribution >= 4 is 29.4 Å². The Kier molecular flexibility index (Phi) is 7.95. The van der Waals surface area contributed by atoms with Crippen LogP contribution < -0.4 is 4.90 Å². The maximum atomic E-state index is 12.7. The highest BCUT2D eigenvalue weighted by molar-refractivity contribution is 6.30. The van der Waals surface area contributed by atoms with Crippen LogP contribution in [0.15, 0.2) is 18.2 Å². The van der Waals surface area contributed by atoms with Gasteiger partial charge in [0.2, 0.25) is 0 Å². The van der Waals surface area contributed by atoms with E-state index >= 15 is 0 Å². The number of aliphatic carboxylic acids is 1. The first-order chi connectivity index (χ1) is 17.0. The molecule has 36 heavy (non-hydrogen) atoms. The third-order valence-corrected chi connectivity index (χ3v) is 8.20. The van der Waals surface area contributed by atoms with E-state index in [9.17, 15) is 27.9 Å². The second-order valence-corrected chi connectivity index (χ2v) is 10.8. The van der Waals surface area contributed by atoms with Crippen LogP contribution in [0.5, 0.6) is 0 Å². The van der Waals surface area contributed by atoms with Crippen molar-refractivity contribution in [3.63, 3.8) is 0 Å². The number of anilines is 1. The number of hydrogen-bond donors (Lipinski definition) is 1. The summed E-state index contributed by atoms with van der Waals surface area (Å²) in [7, 11) is 0. The summed E-state index contributed by atoms with van der Waals surface area (Å²) >= 11 is 6.30. The van der Waals surface area contributed by atoms with Gasteiger partial charge in [-0.05, 0) is 68.7 Å². The highest BCUT2D eigenvalue weighted by Crippen LogP contribution is 2.42. The zero-order valence-electron chi connectivity index (χ0n) is 20.4. The molecule has 1 unspecified atom stereocenters. The predicted molar refractivity (Wildman–Crippen MR) is 129 cm³/mol. The van der Waals surface area contributed by atoms with E-state index in [1.807, 2.05) is 18.2 Å². The SMILES string of the molecule is CC(OC(=O)N1CCC2(CCN(Cc3ccc(Cl)cc3N3CCC(C(=O)O)CC3)C2)CC1)C(F)(F)F. The Hall–Kier alpha value is -2.20.